The summed E-state index contributed by atoms with van der Waals surface area (Å²) in [5.74, 6) is 0.303. The first-order valence-electron chi connectivity index (χ1n) is 6.64. The van der Waals surface area contributed by atoms with Gasteiger partial charge in [0.15, 0.2) is 0 Å². The van der Waals surface area contributed by atoms with Crippen LogP contribution in [0.25, 0.3) is 0 Å². The Morgan fingerprint density at radius 2 is 1.84 bits per heavy atom. The number of nitrogens with zero attached hydrogens (tertiary/aromatic N) is 1. The van der Waals surface area contributed by atoms with Crippen LogP contribution >= 0.6 is 11.8 Å². The number of hydrogen-bond donors (Lipinski definition) is 3. The summed E-state index contributed by atoms with van der Waals surface area (Å²) in [5, 5.41) is 28.1. The van der Waals surface area contributed by atoms with Gasteiger partial charge in [-0.05, 0) is 50.2 Å². The lowest BCUT2D eigenvalue weighted by atomic mass is 10.1. The summed E-state index contributed by atoms with van der Waals surface area (Å²) in [6.07, 6.45) is 1.55. The maximum Gasteiger partial charge on any atom is 0.115 e. The number of phenolic OH excluding ortho intramolecular Hbond substituents is 1. The molecular formula is C14H21NO3S. The van der Waals surface area contributed by atoms with E-state index < -0.39 is 6.10 Å². The van der Waals surface area contributed by atoms with Gasteiger partial charge in [0.2, 0.25) is 0 Å². The van der Waals surface area contributed by atoms with Crippen LogP contribution in [0, 0.1) is 0 Å². The number of hydrogen-bond acceptors (Lipinski definition) is 5. The third-order valence-corrected chi connectivity index (χ3v) is 4.70. The molecule has 0 radical (unpaired) electrons. The summed E-state index contributed by atoms with van der Waals surface area (Å²) >= 11 is 1.85. The van der Waals surface area contributed by atoms with E-state index in [0.717, 1.165) is 25.9 Å². The van der Waals surface area contributed by atoms with Crippen LogP contribution in [-0.2, 0) is 0 Å². The number of piperidine rings is 1. The predicted octanol–water partition coefficient (Wildman–Crippen LogP) is 1.30. The Hall–Kier alpha value is -0.750. The monoisotopic (exact) mass is 283 g/mol. The molecule has 4 nitrogen and oxygen atoms in total. The summed E-state index contributed by atoms with van der Waals surface area (Å²) in [7, 11) is 0. The Morgan fingerprint density at radius 1 is 1.21 bits per heavy atom. The van der Waals surface area contributed by atoms with Gasteiger partial charge in [-0.1, -0.05) is 0 Å². The molecule has 0 aliphatic carbocycles. The van der Waals surface area contributed by atoms with E-state index in [9.17, 15) is 10.2 Å². The zero-order valence-electron chi connectivity index (χ0n) is 10.9. The van der Waals surface area contributed by atoms with Crippen molar-refractivity contribution < 1.29 is 15.3 Å². The molecule has 1 saturated heterocycles. The number of phenols is 1. The highest BCUT2D eigenvalue weighted by molar-refractivity contribution is 8.00. The number of rotatable bonds is 5. The third-order valence-electron chi connectivity index (χ3n) is 3.35. The first-order chi connectivity index (χ1) is 9.17. The molecule has 1 heterocycles. The number of aromatic hydroxyl groups is 1. The minimum Gasteiger partial charge on any atom is -0.508 e. The number of thioether (sulfide) groups is 1. The second kappa shape index (κ2) is 7.14. The molecule has 1 aliphatic heterocycles. The van der Waals surface area contributed by atoms with Crippen LogP contribution in [0.5, 0.6) is 5.75 Å². The number of benzene rings is 1. The number of β-amino-alcohol motifs (C(OH)–C–C–N with tert-alkyl or cyclic N) is 1. The molecule has 0 saturated carbocycles. The van der Waals surface area contributed by atoms with Gasteiger partial charge in [-0.15, -0.1) is 11.8 Å². The maximum atomic E-state index is 9.42. The fourth-order valence-electron chi connectivity index (χ4n) is 2.28. The summed E-state index contributed by atoms with van der Waals surface area (Å²) in [4.78, 5) is 3.39. The standard InChI is InChI=1S/C14H21NO3S/c16-10-12(18)9-15-7-5-14(6-8-15)19-13-3-1-11(17)2-4-13/h1-4,12,14,16-18H,5-10H2/t12-/m1/s1. The second-order valence-electron chi connectivity index (χ2n) is 4.95. The van der Waals surface area contributed by atoms with E-state index in [-0.39, 0.29) is 6.61 Å². The molecule has 0 aromatic heterocycles. The van der Waals surface area contributed by atoms with E-state index in [2.05, 4.69) is 4.90 Å². The van der Waals surface area contributed by atoms with Crippen LogP contribution in [0.3, 0.4) is 0 Å². The Balaban J connectivity index is 1.75. The van der Waals surface area contributed by atoms with Crippen LogP contribution in [0.15, 0.2) is 29.2 Å². The van der Waals surface area contributed by atoms with Gasteiger partial charge in [-0.2, -0.15) is 0 Å². The van der Waals surface area contributed by atoms with Crippen LogP contribution in [0.1, 0.15) is 12.8 Å². The molecule has 1 fully saturated rings. The fourth-order valence-corrected chi connectivity index (χ4v) is 3.41. The van der Waals surface area contributed by atoms with Crippen molar-refractivity contribution in [2.45, 2.75) is 29.1 Å². The van der Waals surface area contributed by atoms with Crippen molar-refractivity contribution >= 4 is 11.8 Å². The normalized spacial score (nSPS) is 19.5. The number of aliphatic hydroxyl groups is 2. The molecule has 1 atom stereocenters. The zero-order valence-corrected chi connectivity index (χ0v) is 11.7. The summed E-state index contributed by atoms with van der Waals surface area (Å²) < 4.78 is 0. The highest BCUT2D eigenvalue weighted by Crippen LogP contribution is 2.31. The van der Waals surface area contributed by atoms with Gasteiger partial charge in [0.25, 0.3) is 0 Å². The zero-order chi connectivity index (χ0) is 13.7. The van der Waals surface area contributed by atoms with Crippen LogP contribution in [0.2, 0.25) is 0 Å². The molecule has 1 aromatic carbocycles. The van der Waals surface area contributed by atoms with Crippen molar-refractivity contribution in [2.24, 2.45) is 0 Å². The molecule has 0 bridgehead atoms. The predicted molar refractivity (Wildman–Crippen MR) is 76.5 cm³/mol. The van der Waals surface area contributed by atoms with Gasteiger partial charge in [0.05, 0.1) is 12.7 Å². The van der Waals surface area contributed by atoms with Crippen molar-refractivity contribution in [3.8, 4) is 5.75 Å². The summed E-state index contributed by atoms with van der Waals surface area (Å²) in [6.45, 7) is 2.33. The molecule has 0 spiro atoms. The van der Waals surface area contributed by atoms with Crippen LogP contribution < -0.4 is 0 Å². The van der Waals surface area contributed by atoms with E-state index in [0.29, 0.717) is 17.5 Å². The third kappa shape index (κ3) is 4.69. The van der Waals surface area contributed by atoms with Gasteiger partial charge >= 0.3 is 0 Å². The van der Waals surface area contributed by atoms with Crippen LogP contribution in [0.4, 0.5) is 0 Å². The lowest BCUT2D eigenvalue weighted by Gasteiger charge is -2.32. The lowest BCUT2D eigenvalue weighted by Crippen LogP contribution is -2.40. The molecule has 1 aliphatic rings. The Bertz CT molecular complexity index is 377. The van der Waals surface area contributed by atoms with Gasteiger partial charge in [0.1, 0.15) is 5.75 Å². The SMILES string of the molecule is OC[C@H](O)CN1CCC(Sc2ccc(O)cc2)CC1. The molecular weight excluding hydrogens is 262 g/mol. The van der Waals surface area contributed by atoms with Crippen molar-refractivity contribution in [3.05, 3.63) is 24.3 Å². The average Bonchev–Trinajstić information content (AvgIpc) is 2.43. The fraction of sp³-hybridized carbons (Fsp3) is 0.571. The molecule has 106 valence electrons. The van der Waals surface area contributed by atoms with E-state index in [4.69, 9.17) is 5.11 Å². The highest BCUT2D eigenvalue weighted by atomic mass is 32.2. The van der Waals surface area contributed by atoms with Gasteiger partial charge in [0, 0.05) is 16.7 Å². The first kappa shape index (κ1) is 14.7. The topological polar surface area (TPSA) is 63.9 Å². The van der Waals surface area contributed by atoms with E-state index >= 15 is 0 Å². The second-order valence-corrected chi connectivity index (χ2v) is 6.32. The summed E-state index contributed by atoms with van der Waals surface area (Å²) in [5.41, 5.74) is 0. The minimum absolute atomic E-state index is 0.164. The number of aliphatic hydroxyl groups excluding tert-OH is 2. The smallest absolute Gasteiger partial charge is 0.115 e. The van der Waals surface area contributed by atoms with Gasteiger partial charge in [-0.25, -0.2) is 0 Å². The molecule has 0 amide bonds. The largest absolute Gasteiger partial charge is 0.508 e. The molecule has 0 unspecified atom stereocenters. The van der Waals surface area contributed by atoms with Gasteiger partial charge < -0.3 is 20.2 Å². The molecule has 1 aromatic rings. The maximum absolute atomic E-state index is 9.42. The van der Waals surface area contributed by atoms with Crippen LogP contribution in [-0.4, -0.2) is 57.8 Å². The van der Waals surface area contributed by atoms with E-state index in [1.807, 2.05) is 23.9 Å². The van der Waals surface area contributed by atoms with E-state index in [1.165, 1.54) is 4.90 Å². The van der Waals surface area contributed by atoms with Crippen molar-refractivity contribution in [1.29, 1.82) is 0 Å². The number of likely N-dealkylation sites (tertiary alicyclic amines) is 1. The quantitative estimate of drug-likeness (QED) is 0.760. The molecule has 3 N–H and O–H groups in total. The van der Waals surface area contributed by atoms with Crippen molar-refractivity contribution in [1.82, 2.24) is 4.90 Å². The van der Waals surface area contributed by atoms with Gasteiger partial charge in [-0.3, -0.25) is 0 Å². The lowest BCUT2D eigenvalue weighted by molar-refractivity contribution is 0.0539. The Morgan fingerprint density at radius 3 is 2.42 bits per heavy atom. The summed E-state index contributed by atoms with van der Waals surface area (Å²) in [6, 6.07) is 7.33. The van der Waals surface area contributed by atoms with E-state index in [1.54, 1.807) is 12.1 Å². The minimum atomic E-state index is -0.624. The molecule has 2 rings (SSSR count). The Kier molecular flexibility index (Phi) is 5.51. The van der Waals surface area contributed by atoms with Crippen molar-refractivity contribution in [3.63, 3.8) is 0 Å². The Labute approximate surface area is 118 Å². The molecule has 19 heavy (non-hydrogen) atoms. The van der Waals surface area contributed by atoms with Crippen molar-refractivity contribution in [2.75, 3.05) is 26.2 Å². The highest BCUT2D eigenvalue weighted by Gasteiger charge is 2.21. The molecule has 5 heteroatoms. The average molecular weight is 283 g/mol. The first-order valence-corrected chi connectivity index (χ1v) is 7.52.